The summed E-state index contributed by atoms with van der Waals surface area (Å²) in [4.78, 5) is 0. The van der Waals surface area contributed by atoms with Crippen LogP contribution in [-0.4, -0.2) is 24.1 Å². The van der Waals surface area contributed by atoms with Gasteiger partial charge in [0.1, 0.15) is 0 Å². The van der Waals surface area contributed by atoms with Gasteiger partial charge >= 0.3 is 0 Å². The van der Waals surface area contributed by atoms with Gasteiger partial charge in [-0.25, -0.2) is 0 Å². The zero-order valence-corrected chi connectivity index (χ0v) is 14.1. The Balaban J connectivity index is 2.60. The molecule has 0 radical (unpaired) electrons. The number of nitrogens with one attached hydrogen (secondary N) is 1. The van der Waals surface area contributed by atoms with Crippen molar-refractivity contribution in [2.24, 2.45) is 17.3 Å². The van der Waals surface area contributed by atoms with Gasteiger partial charge < -0.3 is 5.32 Å². The van der Waals surface area contributed by atoms with Crippen molar-refractivity contribution >= 4 is 11.8 Å². The van der Waals surface area contributed by atoms with E-state index >= 15 is 0 Å². The molecule has 1 aliphatic rings. The topological polar surface area (TPSA) is 12.0 Å². The highest BCUT2D eigenvalue weighted by atomic mass is 32.2. The summed E-state index contributed by atoms with van der Waals surface area (Å²) in [6.07, 6.45) is 5.48. The van der Waals surface area contributed by atoms with Gasteiger partial charge in [-0.3, -0.25) is 0 Å². The van der Waals surface area contributed by atoms with Gasteiger partial charge in [0.2, 0.25) is 0 Å². The van der Waals surface area contributed by atoms with Crippen molar-refractivity contribution in [1.82, 2.24) is 5.32 Å². The quantitative estimate of drug-likeness (QED) is 0.759. The maximum atomic E-state index is 3.55. The number of rotatable bonds is 6. The van der Waals surface area contributed by atoms with Crippen molar-refractivity contribution in [2.75, 3.05) is 12.8 Å². The van der Waals surface area contributed by atoms with E-state index in [1.807, 2.05) is 0 Å². The molecule has 0 heterocycles. The van der Waals surface area contributed by atoms with Crippen molar-refractivity contribution < 1.29 is 0 Å². The molecule has 1 fully saturated rings. The molecular formula is C16H33NS. The molecule has 2 heteroatoms. The Bertz CT molecular complexity index is 237. The fourth-order valence-electron chi connectivity index (χ4n) is 2.96. The van der Waals surface area contributed by atoms with Gasteiger partial charge in [0, 0.05) is 11.3 Å². The lowest BCUT2D eigenvalue weighted by molar-refractivity contribution is 0.142. The molecule has 3 atom stereocenters. The van der Waals surface area contributed by atoms with Crippen molar-refractivity contribution in [3.63, 3.8) is 0 Å². The number of hydrogen-bond acceptors (Lipinski definition) is 2. The van der Waals surface area contributed by atoms with Crippen LogP contribution in [-0.2, 0) is 0 Å². The van der Waals surface area contributed by atoms with Crippen molar-refractivity contribution in [3.8, 4) is 0 Å². The Kier molecular flexibility index (Phi) is 6.54. The van der Waals surface area contributed by atoms with E-state index in [0.717, 1.165) is 23.1 Å². The van der Waals surface area contributed by atoms with Crippen LogP contribution in [0.4, 0.5) is 0 Å². The molecule has 0 aliphatic heterocycles. The smallest absolute Gasteiger partial charge is 0.0204 e. The van der Waals surface area contributed by atoms with E-state index in [4.69, 9.17) is 0 Å². The molecule has 0 bridgehead atoms. The molecule has 0 spiro atoms. The second kappa shape index (κ2) is 7.19. The van der Waals surface area contributed by atoms with Gasteiger partial charge in [0.15, 0.2) is 0 Å². The lowest BCUT2D eigenvalue weighted by Crippen LogP contribution is -2.44. The predicted octanol–water partition coefficient (Wildman–Crippen LogP) is 4.57. The van der Waals surface area contributed by atoms with E-state index in [0.29, 0.717) is 5.41 Å². The lowest BCUT2D eigenvalue weighted by atomic mass is 9.68. The van der Waals surface area contributed by atoms with E-state index in [-0.39, 0.29) is 0 Å². The fourth-order valence-corrected chi connectivity index (χ4v) is 4.46. The molecule has 0 amide bonds. The van der Waals surface area contributed by atoms with Gasteiger partial charge in [0.05, 0.1) is 0 Å². The average molecular weight is 272 g/mol. The minimum atomic E-state index is 0.523. The Morgan fingerprint density at radius 3 is 2.44 bits per heavy atom. The van der Waals surface area contributed by atoms with Crippen LogP contribution in [0.5, 0.6) is 0 Å². The predicted molar refractivity (Wildman–Crippen MR) is 85.3 cm³/mol. The van der Waals surface area contributed by atoms with E-state index < -0.39 is 0 Å². The van der Waals surface area contributed by atoms with Crippen LogP contribution in [0.3, 0.4) is 0 Å². The maximum absolute atomic E-state index is 3.55. The minimum absolute atomic E-state index is 0.523. The molecule has 1 rings (SSSR count). The molecule has 1 N–H and O–H groups in total. The monoisotopic (exact) mass is 271 g/mol. The van der Waals surface area contributed by atoms with Crippen LogP contribution in [0.2, 0.25) is 0 Å². The van der Waals surface area contributed by atoms with Crippen molar-refractivity contribution in [2.45, 2.75) is 71.6 Å². The number of thioether (sulfide) groups is 1. The third-order valence-corrected chi connectivity index (χ3v) is 6.63. The highest BCUT2D eigenvalue weighted by molar-refractivity contribution is 7.99. The summed E-state index contributed by atoms with van der Waals surface area (Å²) in [7, 11) is 2.14. The summed E-state index contributed by atoms with van der Waals surface area (Å²) in [5, 5.41) is 4.37. The van der Waals surface area contributed by atoms with Crippen LogP contribution in [0.1, 0.15) is 60.3 Å². The molecule has 3 unspecified atom stereocenters. The fraction of sp³-hybridized carbons (Fsp3) is 1.00. The average Bonchev–Trinajstić information content (AvgIpc) is 2.35. The second-order valence-corrected chi connectivity index (χ2v) is 8.29. The third kappa shape index (κ3) is 4.45. The lowest BCUT2D eigenvalue weighted by Gasteiger charge is -2.43. The summed E-state index contributed by atoms with van der Waals surface area (Å²) in [5.74, 6) is 3.03. The summed E-state index contributed by atoms with van der Waals surface area (Å²) in [6, 6.07) is 0.734. The SMILES string of the molecule is CCC(C)(C)C1CCC(NC)C(SCC(C)C)C1. The van der Waals surface area contributed by atoms with Crippen LogP contribution in [0, 0.1) is 17.3 Å². The first-order chi connectivity index (χ1) is 8.40. The van der Waals surface area contributed by atoms with Gasteiger partial charge in [0.25, 0.3) is 0 Å². The summed E-state index contributed by atoms with van der Waals surface area (Å²) < 4.78 is 0. The van der Waals surface area contributed by atoms with Crippen molar-refractivity contribution in [1.29, 1.82) is 0 Å². The highest BCUT2D eigenvalue weighted by Gasteiger charge is 2.36. The Hall–Kier alpha value is 0.310. The summed E-state index contributed by atoms with van der Waals surface area (Å²) >= 11 is 2.21. The Labute approximate surface area is 119 Å². The standard InChI is InChI=1S/C16H33NS/c1-7-16(4,5)13-8-9-14(17-6)15(10-13)18-11-12(2)3/h12-15,17H,7-11H2,1-6H3. The van der Waals surface area contributed by atoms with E-state index in [2.05, 4.69) is 58.7 Å². The first-order valence-electron chi connectivity index (χ1n) is 7.69. The first kappa shape index (κ1) is 16.4. The molecule has 18 heavy (non-hydrogen) atoms. The van der Waals surface area contributed by atoms with Crippen LogP contribution in [0.15, 0.2) is 0 Å². The maximum Gasteiger partial charge on any atom is 0.0204 e. The molecule has 1 saturated carbocycles. The molecule has 0 aromatic carbocycles. The first-order valence-corrected chi connectivity index (χ1v) is 8.74. The minimum Gasteiger partial charge on any atom is -0.316 e. The highest BCUT2D eigenvalue weighted by Crippen LogP contribution is 2.43. The summed E-state index contributed by atoms with van der Waals surface area (Å²) in [6.45, 7) is 11.9. The van der Waals surface area contributed by atoms with Crippen molar-refractivity contribution in [3.05, 3.63) is 0 Å². The second-order valence-electron chi connectivity index (χ2n) is 7.01. The van der Waals surface area contributed by atoms with Gasteiger partial charge in [-0.05, 0) is 49.3 Å². The zero-order valence-electron chi connectivity index (χ0n) is 13.3. The molecule has 0 aromatic rings. The third-order valence-electron chi connectivity index (χ3n) is 4.82. The van der Waals surface area contributed by atoms with Gasteiger partial charge in [-0.1, -0.05) is 41.0 Å². The molecule has 108 valence electrons. The Morgan fingerprint density at radius 2 is 1.94 bits per heavy atom. The zero-order chi connectivity index (χ0) is 13.8. The van der Waals surface area contributed by atoms with Crippen LogP contribution >= 0.6 is 11.8 Å². The molecule has 0 saturated heterocycles. The molecule has 1 nitrogen and oxygen atoms in total. The molecule has 1 aliphatic carbocycles. The molecule has 0 aromatic heterocycles. The van der Waals surface area contributed by atoms with Crippen LogP contribution in [0.25, 0.3) is 0 Å². The van der Waals surface area contributed by atoms with Gasteiger partial charge in [-0.2, -0.15) is 11.8 Å². The van der Waals surface area contributed by atoms with Gasteiger partial charge in [-0.15, -0.1) is 0 Å². The Morgan fingerprint density at radius 1 is 1.28 bits per heavy atom. The molecular weight excluding hydrogens is 238 g/mol. The van der Waals surface area contributed by atoms with E-state index in [1.165, 1.54) is 31.4 Å². The normalized spacial score (nSPS) is 29.8. The van der Waals surface area contributed by atoms with Crippen LogP contribution < -0.4 is 5.32 Å². The number of hydrogen-bond donors (Lipinski definition) is 1. The largest absolute Gasteiger partial charge is 0.316 e. The summed E-state index contributed by atoms with van der Waals surface area (Å²) in [5.41, 5.74) is 0.523. The van der Waals surface area contributed by atoms with E-state index in [9.17, 15) is 0 Å². The van der Waals surface area contributed by atoms with E-state index in [1.54, 1.807) is 0 Å².